The number of anilines is 1. The van der Waals surface area contributed by atoms with Crippen LogP contribution in [0.15, 0.2) is 41.0 Å². The lowest BCUT2D eigenvalue weighted by molar-refractivity contribution is 0.209. The second-order valence-electron chi connectivity index (χ2n) is 4.10. The monoisotopic (exact) mass is 318 g/mol. The van der Waals surface area contributed by atoms with Crippen molar-refractivity contribution in [3.8, 4) is 5.75 Å². The Balaban J connectivity index is 1.82. The number of hydrogen-bond donors (Lipinski definition) is 1. The Morgan fingerprint density at radius 2 is 2.00 bits per heavy atom. The third-order valence-corrected chi connectivity index (χ3v) is 3.84. The molecule has 21 heavy (non-hydrogen) atoms. The Morgan fingerprint density at radius 1 is 1.24 bits per heavy atom. The number of ether oxygens (including phenoxy) is 1. The molecule has 3 aromatic rings. The third-order valence-electron chi connectivity index (χ3n) is 2.70. The molecular weight excluding hydrogens is 308 g/mol. The molecule has 0 aliphatic carbocycles. The molecule has 0 unspecified atom stereocenters. The molecule has 0 N–H and O–H groups in total. The topological polar surface area (TPSA) is 68.2 Å². The van der Waals surface area contributed by atoms with Crippen LogP contribution in [0.2, 0.25) is 0 Å². The van der Waals surface area contributed by atoms with Gasteiger partial charge in [-0.15, -0.1) is 12.6 Å². The zero-order valence-corrected chi connectivity index (χ0v) is 12.6. The summed E-state index contributed by atoms with van der Waals surface area (Å²) in [6.07, 6.45) is 2.58. The van der Waals surface area contributed by atoms with Gasteiger partial charge < -0.3 is 4.74 Å². The van der Waals surface area contributed by atoms with E-state index < -0.39 is 6.09 Å². The molecule has 0 aliphatic rings. The van der Waals surface area contributed by atoms with E-state index in [4.69, 9.17) is 4.74 Å². The summed E-state index contributed by atoms with van der Waals surface area (Å²) in [6.45, 7) is 0. The van der Waals surface area contributed by atoms with Gasteiger partial charge in [-0.05, 0) is 24.3 Å². The molecule has 0 spiro atoms. The van der Waals surface area contributed by atoms with Crippen LogP contribution >= 0.6 is 24.0 Å². The van der Waals surface area contributed by atoms with E-state index in [0.29, 0.717) is 15.9 Å². The minimum atomic E-state index is -0.524. The number of thiol groups is 1. The first-order valence-electron chi connectivity index (χ1n) is 5.95. The quantitative estimate of drug-likeness (QED) is 0.736. The van der Waals surface area contributed by atoms with Crippen LogP contribution in [0.25, 0.3) is 10.3 Å². The molecule has 0 fully saturated rings. The van der Waals surface area contributed by atoms with Crippen molar-refractivity contribution in [1.82, 2.24) is 15.0 Å². The number of aromatic nitrogens is 3. The van der Waals surface area contributed by atoms with Gasteiger partial charge in [-0.1, -0.05) is 11.3 Å². The summed E-state index contributed by atoms with van der Waals surface area (Å²) in [5, 5.41) is 0. The number of thiazole rings is 1. The fourth-order valence-corrected chi connectivity index (χ4v) is 2.69. The van der Waals surface area contributed by atoms with Crippen LogP contribution < -0.4 is 9.64 Å². The first kappa shape index (κ1) is 13.8. The number of pyridine rings is 2. The minimum absolute atomic E-state index is 0.429. The summed E-state index contributed by atoms with van der Waals surface area (Å²) in [5.74, 6) is 0.914. The molecule has 0 radical (unpaired) electrons. The van der Waals surface area contributed by atoms with Crippen LogP contribution in [0, 0.1) is 0 Å². The van der Waals surface area contributed by atoms with E-state index in [1.165, 1.54) is 16.2 Å². The normalized spacial score (nSPS) is 10.6. The summed E-state index contributed by atoms with van der Waals surface area (Å²) < 4.78 is 5.86. The SMILES string of the molecule is CN(C(=O)Oc1ccncc1)c1ccc2nc(S)sc2n1. The number of hydrogen-bond acceptors (Lipinski definition) is 7. The lowest BCUT2D eigenvalue weighted by atomic mass is 10.4. The number of fused-ring (bicyclic) bond motifs is 1. The molecule has 0 atom stereocenters. The van der Waals surface area contributed by atoms with Gasteiger partial charge in [0.2, 0.25) is 0 Å². The maximum atomic E-state index is 12.1. The number of nitrogens with zero attached hydrogens (tertiary/aromatic N) is 4. The van der Waals surface area contributed by atoms with E-state index in [-0.39, 0.29) is 0 Å². The molecule has 3 heterocycles. The van der Waals surface area contributed by atoms with E-state index in [9.17, 15) is 4.79 Å². The fourth-order valence-electron chi connectivity index (χ4n) is 1.65. The van der Waals surface area contributed by atoms with Gasteiger partial charge in [0, 0.05) is 19.4 Å². The largest absolute Gasteiger partial charge is 0.420 e. The molecule has 1 amide bonds. The van der Waals surface area contributed by atoms with Crippen molar-refractivity contribution in [3.63, 3.8) is 0 Å². The molecular formula is C13H10N4O2S2. The summed E-state index contributed by atoms with van der Waals surface area (Å²) in [5.41, 5.74) is 0.754. The van der Waals surface area contributed by atoms with E-state index in [1.54, 1.807) is 43.7 Å². The number of rotatable bonds is 2. The molecule has 8 heteroatoms. The van der Waals surface area contributed by atoms with Crippen molar-refractivity contribution in [2.45, 2.75) is 4.34 Å². The van der Waals surface area contributed by atoms with Crippen LogP contribution in [0.4, 0.5) is 10.6 Å². The van der Waals surface area contributed by atoms with Crippen LogP contribution in [0.5, 0.6) is 5.75 Å². The Kier molecular flexibility index (Phi) is 3.72. The Morgan fingerprint density at radius 3 is 2.76 bits per heavy atom. The van der Waals surface area contributed by atoms with Crippen LogP contribution in [0.1, 0.15) is 0 Å². The molecule has 3 aromatic heterocycles. The van der Waals surface area contributed by atoms with Gasteiger partial charge in [0.05, 0.1) is 0 Å². The predicted molar refractivity (Wildman–Crippen MR) is 83.3 cm³/mol. The van der Waals surface area contributed by atoms with Gasteiger partial charge >= 0.3 is 6.09 Å². The second kappa shape index (κ2) is 5.66. The van der Waals surface area contributed by atoms with Crippen LogP contribution in [-0.2, 0) is 0 Å². The van der Waals surface area contributed by atoms with Gasteiger partial charge in [-0.2, -0.15) is 0 Å². The zero-order chi connectivity index (χ0) is 14.8. The van der Waals surface area contributed by atoms with Crippen molar-refractivity contribution in [3.05, 3.63) is 36.7 Å². The highest BCUT2D eigenvalue weighted by Gasteiger charge is 2.15. The van der Waals surface area contributed by atoms with Gasteiger partial charge in [-0.25, -0.2) is 14.8 Å². The van der Waals surface area contributed by atoms with Crippen molar-refractivity contribution in [1.29, 1.82) is 0 Å². The molecule has 6 nitrogen and oxygen atoms in total. The predicted octanol–water partition coefficient (Wildman–Crippen LogP) is 3.01. The third kappa shape index (κ3) is 2.96. The Bertz CT molecular complexity index is 791. The van der Waals surface area contributed by atoms with Crippen LogP contribution in [-0.4, -0.2) is 28.1 Å². The van der Waals surface area contributed by atoms with Gasteiger partial charge in [-0.3, -0.25) is 9.88 Å². The van der Waals surface area contributed by atoms with E-state index in [2.05, 4.69) is 27.6 Å². The van der Waals surface area contributed by atoms with Crippen molar-refractivity contribution in [2.75, 3.05) is 11.9 Å². The van der Waals surface area contributed by atoms with Gasteiger partial charge in [0.25, 0.3) is 0 Å². The summed E-state index contributed by atoms with van der Waals surface area (Å²) >= 11 is 5.55. The summed E-state index contributed by atoms with van der Waals surface area (Å²) in [6, 6.07) is 6.73. The summed E-state index contributed by atoms with van der Waals surface area (Å²) in [4.78, 5) is 26.6. The first-order valence-corrected chi connectivity index (χ1v) is 7.22. The molecule has 0 aliphatic heterocycles. The average Bonchev–Trinajstić information content (AvgIpc) is 2.86. The summed E-state index contributed by atoms with van der Waals surface area (Å²) in [7, 11) is 1.60. The van der Waals surface area contributed by atoms with Crippen molar-refractivity contribution in [2.24, 2.45) is 0 Å². The molecule has 0 saturated heterocycles. The zero-order valence-electron chi connectivity index (χ0n) is 10.9. The van der Waals surface area contributed by atoms with E-state index >= 15 is 0 Å². The standard InChI is InChI=1S/C13H10N4O2S2/c1-17(13(18)19-8-4-6-14-7-5-8)10-3-2-9-11(16-10)21-12(20)15-9/h2-7H,1H3,(H,15,20). The van der Waals surface area contributed by atoms with E-state index in [0.717, 1.165) is 10.3 Å². The highest BCUT2D eigenvalue weighted by Crippen LogP contribution is 2.25. The maximum absolute atomic E-state index is 12.1. The highest BCUT2D eigenvalue weighted by atomic mass is 32.2. The van der Waals surface area contributed by atoms with Crippen molar-refractivity contribution >= 4 is 46.2 Å². The van der Waals surface area contributed by atoms with Gasteiger partial charge in [0.1, 0.15) is 26.3 Å². The second-order valence-corrected chi connectivity index (χ2v) is 5.80. The van der Waals surface area contributed by atoms with E-state index in [1.807, 2.05) is 0 Å². The molecule has 0 saturated carbocycles. The highest BCUT2D eigenvalue weighted by molar-refractivity contribution is 7.82. The molecule has 0 bridgehead atoms. The van der Waals surface area contributed by atoms with Gasteiger partial charge in [0.15, 0.2) is 0 Å². The van der Waals surface area contributed by atoms with Crippen LogP contribution in [0.3, 0.4) is 0 Å². The maximum Gasteiger partial charge on any atom is 0.420 e. The number of carbonyl (C=O) groups is 1. The van der Waals surface area contributed by atoms with Crippen molar-refractivity contribution < 1.29 is 9.53 Å². The molecule has 0 aromatic carbocycles. The Labute approximate surface area is 129 Å². The molecule has 3 rings (SSSR count). The number of carbonyl (C=O) groups excluding carboxylic acids is 1. The smallest absolute Gasteiger partial charge is 0.410 e. The lowest BCUT2D eigenvalue weighted by Gasteiger charge is -2.15. The average molecular weight is 318 g/mol. The fraction of sp³-hybridized carbons (Fsp3) is 0.0769. The lowest BCUT2D eigenvalue weighted by Crippen LogP contribution is -2.30. The minimum Gasteiger partial charge on any atom is -0.410 e. The molecule has 106 valence electrons. The first-order chi connectivity index (χ1) is 10.1. The number of amides is 1. The Hall–Kier alpha value is -2.19.